The first-order chi connectivity index (χ1) is 9.82. The highest BCUT2D eigenvalue weighted by Crippen LogP contribution is 2.43. The topological polar surface area (TPSA) is 88.6 Å². The zero-order chi connectivity index (χ0) is 15.4. The molecule has 9 heteroatoms. The molecule has 21 heavy (non-hydrogen) atoms. The number of halogens is 2. The molecule has 2 fully saturated rings. The third-order valence-corrected chi connectivity index (χ3v) is 4.35. The van der Waals surface area contributed by atoms with E-state index < -0.39 is 35.4 Å². The van der Waals surface area contributed by atoms with E-state index in [1.54, 1.807) is 13.8 Å². The molecule has 0 bridgehead atoms. The van der Waals surface area contributed by atoms with E-state index in [4.69, 9.17) is 19.9 Å². The lowest BCUT2D eigenvalue weighted by molar-refractivity contribution is -0.194. The minimum Gasteiger partial charge on any atom is -0.381 e. The predicted molar refractivity (Wildman–Crippen MR) is 79.5 cm³/mol. The van der Waals surface area contributed by atoms with Crippen LogP contribution in [0.1, 0.15) is 20.1 Å². The molecule has 2 aliphatic rings. The van der Waals surface area contributed by atoms with Crippen molar-refractivity contribution in [2.45, 2.75) is 44.2 Å². The van der Waals surface area contributed by atoms with E-state index in [0.717, 1.165) is 10.8 Å². The Morgan fingerprint density at radius 1 is 1.48 bits per heavy atom. The number of nitrogens with two attached hydrogens (primary N) is 1. The zero-order valence-electron chi connectivity index (χ0n) is 11.5. The summed E-state index contributed by atoms with van der Waals surface area (Å²) in [6.07, 6.45) is -0.838. The van der Waals surface area contributed by atoms with Gasteiger partial charge in [-0.05, 0) is 13.8 Å². The summed E-state index contributed by atoms with van der Waals surface area (Å²) >= 11 is 2.17. The fourth-order valence-corrected chi connectivity index (χ4v) is 3.36. The Morgan fingerprint density at radius 3 is 2.81 bits per heavy atom. The van der Waals surface area contributed by atoms with Crippen LogP contribution in [0, 0.1) is 5.82 Å². The van der Waals surface area contributed by atoms with Gasteiger partial charge < -0.3 is 19.9 Å². The van der Waals surface area contributed by atoms with Crippen LogP contribution in [0.2, 0.25) is 0 Å². The maximum Gasteiger partial charge on any atom is 0.351 e. The molecular formula is C12H15FIN3O4. The standard InChI is InChI=1S/C12H15FIN3O4/c1-12(2)20-7-6(3-14)19-10(8(7)21-12)17-4-5(13)9(15)16-11(17)18/h4,6-8,10H,3H2,1-2H3,(H2,15,16,18)/t6-,7+,8?,10-/m1/s1. The normalized spacial score (nSPS) is 34.1. The summed E-state index contributed by atoms with van der Waals surface area (Å²) < 4.78 is 32.8. The minimum atomic E-state index is -0.786. The van der Waals surface area contributed by atoms with Gasteiger partial charge in [-0.3, -0.25) is 4.57 Å². The van der Waals surface area contributed by atoms with Crippen LogP contribution >= 0.6 is 22.6 Å². The fourth-order valence-electron chi connectivity index (χ4n) is 2.65. The molecule has 7 nitrogen and oxygen atoms in total. The highest BCUT2D eigenvalue weighted by molar-refractivity contribution is 14.1. The van der Waals surface area contributed by atoms with Gasteiger partial charge in [-0.1, -0.05) is 22.6 Å². The molecule has 4 atom stereocenters. The molecule has 3 heterocycles. The second-order valence-corrected chi connectivity index (χ2v) is 6.33. The Balaban J connectivity index is 1.99. The highest BCUT2D eigenvalue weighted by Gasteiger charge is 2.55. The number of ether oxygens (including phenoxy) is 3. The molecule has 0 saturated carbocycles. The first kappa shape index (κ1) is 15.1. The van der Waals surface area contributed by atoms with E-state index in [-0.39, 0.29) is 12.2 Å². The van der Waals surface area contributed by atoms with Crippen LogP contribution in [0.4, 0.5) is 10.2 Å². The number of nitrogens with zero attached hydrogens (tertiary/aromatic N) is 2. The number of nitrogen functional groups attached to an aromatic ring is 1. The summed E-state index contributed by atoms with van der Waals surface area (Å²) in [5.41, 5.74) is 4.61. The Labute approximate surface area is 133 Å². The predicted octanol–water partition coefficient (Wildman–Crippen LogP) is 0.817. The number of hydrogen-bond acceptors (Lipinski definition) is 6. The van der Waals surface area contributed by atoms with E-state index in [1.807, 2.05) is 0 Å². The van der Waals surface area contributed by atoms with E-state index >= 15 is 0 Å². The number of rotatable bonds is 2. The van der Waals surface area contributed by atoms with Crippen LogP contribution in [-0.2, 0) is 14.2 Å². The van der Waals surface area contributed by atoms with Crippen LogP contribution < -0.4 is 11.4 Å². The monoisotopic (exact) mass is 411 g/mol. The van der Waals surface area contributed by atoms with Gasteiger partial charge >= 0.3 is 5.69 Å². The van der Waals surface area contributed by atoms with Crippen molar-refractivity contribution in [3.63, 3.8) is 0 Å². The van der Waals surface area contributed by atoms with Crippen molar-refractivity contribution in [1.82, 2.24) is 9.55 Å². The van der Waals surface area contributed by atoms with Crippen LogP contribution in [0.3, 0.4) is 0 Å². The Hall–Kier alpha value is -0.780. The summed E-state index contributed by atoms with van der Waals surface area (Å²) in [5, 5.41) is 0. The third kappa shape index (κ3) is 2.56. The molecule has 1 aromatic heterocycles. The first-order valence-corrected chi connectivity index (χ1v) is 7.96. The lowest BCUT2D eigenvalue weighted by Crippen LogP contribution is -2.35. The lowest BCUT2D eigenvalue weighted by atomic mass is 10.1. The number of hydrogen-bond donors (Lipinski definition) is 1. The molecule has 0 radical (unpaired) electrons. The SMILES string of the molecule is CC1(C)OC2[C@@H](O1)[C@@H](CI)O[C@H]2n1cc(F)c(N)nc1=O. The van der Waals surface area contributed by atoms with Crippen molar-refractivity contribution in [3.05, 3.63) is 22.5 Å². The second-order valence-electron chi connectivity index (χ2n) is 5.45. The van der Waals surface area contributed by atoms with E-state index in [2.05, 4.69) is 27.6 Å². The molecule has 2 aliphatic heterocycles. The Kier molecular flexibility index (Phi) is 3.71. The second kappa shape index (κ2) is 5.14. The van der Waals surface area contributed by atoms with Crippen LogP contribution in [0.5, 0.6) is 0 Å². The number of fused-ring (bicyclic) bond motifs is 1. The van der Waals surface area contributed by atoms with Gasteiger partial charge in [0.2, 0.25) is 0 Å². The van der Waals surface area contributed by atoms with Gasteiger partial charge in [0.1, 0.15) is 12.2 Å². The molecule has 3 rings (SSSR count). The molecule has 0 aliphatic carbocycles. The van der Waals surface area contributed by atoms with E-state index in [1.165, 1.54) is 0 Å². The summed E-state index contributed by atoms with van der Waals surface area (Å²) in [7, 11) is 0. The molecule has 0 aromatic carbocycles. The minimum absolute atomic E-state index is 0.241. The van der Waals surface area contributed by atoms with Crippen LogP contribution in [-0.4, -0.2) is 38.1 Å². The molecule has 1 unspecified atom stereocenters. The van der Waals surface area contributed by atoms with Crippen molar-refractivity contribution >= 4 is 28.4 Å². The molecule has 1 aromatic rings. The molecule has 0 amide bonds. The maximum atomic E-state index is 13.6. The average Bonchev–Trinajstić information content (AvgIpc) is 2.87. The van der Waals surface area contributed by atoms with Gasteiger partial charge in [-0.2, -0.15) is 4.98 Å². The number of alkyl halides is 1. The average molecular weight is 411 g/mol. The number of anilines is 1. The highest BCUT2D eigenvalue weighted by atomic mass is 127. The first-order valence-electron chi connectivity index (χ1n) is 6.43. The maximum absolute atomic E-state index is 13.6. The quantitative estimate of drug-likeness (QED) is 0.573. The fraction of sp³-hybridized carbons (Fsp3) is 0.667. The lowest BCUT2D eigenvalue weighted by Gasteiger charge is -2.24. The summed E-state index contributed by atoms with van der Waals surface area (Å²) in [6.45, 7) is 3.58. The summed E-state index contributed by atoms with van der Waals surface area (Å²) in [5.74, 6) is -1.98. The van der Waals surface area contributed by atoms with Crippen molar-refractivity contribution in [3.8, 4) is 0 Å². The largest absolute Gasteiger partial charge is 0.381 e. The van der Waals surface area contributed by atoms with E-state index in [0.29, 0.717) is 4.43 Å². The van der Waals surface area contributed by atoms with E-state index in [9.17, 15) is 9.18 Å². The molecule has 116 valence electrons. The molecule has 2 saturated heterocycles. The summed E-state index contributed by atoms with van der Waals surface area (Å²) in [6, 6.07) is 0. The van der Waals surface area contributed by atoms with Crippen molar-refractivity contribution < 1.29 is 18.6 Å². The zero-order valence-corrected chi connectivity index (χ0v) is 13.6. The Bertz CT molecular complexity index is 623. The van der Waals surface area contributed by atoms with Crippen molar-refractivity contribution in [2.24, 2.45) is 0 Å². The Morgan fingerprint density at radius 2 is 2.14 bits per heavy atom. The van der Waals surface area contributed by atoms with Gasteiger partial charge in [0.05, 0.1) is 12.3 Å². The van der Waals surface area contributed by atoms with Gasteiger partial charge in [0.25, 0.3) is 0 Å². The van der Waals surface area contributed by atoms with Gasteiger partial charge in [-0.15, -0.1) is 0 Å². The summed E-state index contributed by atoms with van der Waals surface area (Å²) in [4.78, 5) is 15.4. The molecular weight excluding hydrogens is 396 g/mol. The van der Waals surface area contributed by atoms with Crippen LogP contribution in [0.15, 0.2) is 11.0 Å². The molecule has 2 N–H and O–H groups in total. The van der Waals surface area contributed by atoms with Gasteiger partial charge in [0.15, 0.2) is 23.7 Å². The van der Waals surface area contributed by atoms with Gasteiger partial charge in [0, 0.05) is 4.43 Å². The smallest absolute Gasteiger partial charge is 0.351 e. The third-order valence-electron chi connectivity index (χ3n) is 3.49. The van der Waals surface area contributed by atoms with Gasteiger partial charge in [-0.25, -0.2) is 9.18 Å². The van der Waals surface area contributed by atoms with Crippen molar-refractivity contribution in [1.29, 1.82) is 0 Å². The van der Waals surface area contributed by atoms with Crippen molar-refractivity contribution in [2.75, 3.05) is 10.2 Å². The molecule has 0 spiro atoms. The number of aromatic nitrogens is 2. The van der Waals surface area contributed by atoms with Crippen LogP contribution in [0.25, 0.3) is 0 Å².